The molecule has 0 spiro atoms. The molecule has 1 aromatic rings. The Bertz CT molecular complexity index is 609. The van der Waals surface area contributed by atoms with Crippen LogP contribution in [0, 0.1) is 0 Å². The molecule has 0 radical (unpaired) electrons. The van der Waals surface area contributed by atoms with Gasteiger partial charge in [0.1, 0.15) is 6.54 Å². The second kappa shape index (κ2) is 6.98. The fraction of sp³-hybridized carbons (Fsp3) is 0.375. The minimum atomic E-state index is -0.429. The highest BCUT2D eigenvalue weighted by Gasteiger charge is 2.21. The highest BCUT2D eigenvalue weighted by atomic mass is 16.5. The second-order valence-corrected chi connectivity index (χ2v) is 4.73. The lowest BCUT2D eigenvalue weighted by atomic mass is 10.0. The Labute approximate surface area is 129 Å². The highest BCUT2D eigenvalue weighted by molar-refractivity contribution is 5.87. The van der Waals surface area contributed by atoms with Gasteiger partial charge in [0.25, 0.3) is 0 Å². The van der Waals surface area contributed by atoms with E-state index in [9.17, 15) is 9.59 Å². The third-order valence-electron chi connectivity index (χ3n) is 3.35. The second-order valence-electron chi connectivity index (χ2n) is 4.73. The van der Waals surface area contributed by atoms with E-state index in [0.717, 1.165) is 11.1 Å². The van der Waals surface area contributed by atoms with Gasteiger partial charge in [-0.2, -0.15) is 0 Å². The molecule has 0 fully saturated rings. The number of carbonyl (C=O) groups excluding carboxylic acids is 2. The van der Waals surface area contributed by atoms with Crippen molar-refractivity contribution in [3.63, 3.8) is 0 Å². The Morgan fingerprint density at radius 2 is 1.91 bits per heavy atom. The molecule has 0 aliphatic carbocycles. The molecule has 1 aliphatic rings. The third kappa shape index (κ3) is 3.39. The summed E-state index contributed by atoms with van der Waals surface area (Å²) in [6, 6.07) is 3.59. The van der Waals surface area contributed by atoms with E-state index < -0.39 is 5.97 Å². The zero-order valence-electron chi connectivity index (χ0n) is 12.9. The van der Waals surface area contributed by atoms with Crippen molar-refractivity contribution in [2.45, 2.75) is 13.3 Å². The van der Waals surface area contributed by atoms with Gasteiger partial charge < -0.3 is 19.1 Å². The average molecular weight is 305 g/mol. The lowest BCUT2D eigenvalue weighted by Gasteiger charge is -2.16. The van der Waals surface area contributed by atoms with E-state index >= 15 is 0 Å². The monoisotopic (exact) mass is 305 g/mol. The molecule has 6 nitrogen and oxygen atoms in total. The molecule has 0 saturated heterocycles. The van der Waals surface area contributed by atoms with Crippen molar-refractivity contribution in [2.75, 3.05) is 27.4 Å². The summed E-state index contributed by atoms with van der Waals surface area (Å²) in [5.41, 5.74) is 1.68. The molecule has 0 saturated carbocycles. The molecule has 6 heteroatoms. The smallest absolute Gasteiger partial charge is 0.326 e. The number of ether oxygens (including phenoxy) is 3. The predicted octanol–water partition coefficient (Wildman–Crippen LogP) is 1.62. The van der Waals surface area contributed by atoms with Gasteiger partial charge in [-0.25, -0.2) is 0 Å². The van der Waals surface area contributed by atoms with Crippen LogP contribution in [0.2, 0.25) is 0 Å². The number of fused-ring (bicyclic) bond motifs is 1. The van der Waals surface area contributed by atoms with Crippen molar-refractivity contribution in [3.05, 3.63) is 29.5 Å². The molecular formula is C16H19NO5. The quantitative estimate of drug-likeness (QED) is 0.774. The first-order valence-electron chi connectivity index (χ1n) is 6.97. The summed E-state index contributed by atoms with van der Waals surface area (Å²) >= 11 is 0. The molecule has 118 valence electrons. The first kappa shape index (κ1) is 15.9. The van der Waals surface area contributed by atoms with Crippen LogP contribution in [0.4, 0.5) is 0 Å². The standard InChI is InChI=1S/C16H19NO5/c1-4-22-16(19)10-17-6-5-11-7-13(20-2)14(21-3)8-12(11)9-15(17)18/h5-8H,4,9-10H2,1-3H3. The Hall–Kier alpha value is -2.50. The van der Waals surface area contributed by atoms with Gasteiger partial charge in [0, 0.05) is 6.20 Å². The third-order valence-corrected chi connectivity index (χ3v) is 3.35. The minimum absolute atomic E-state index is 0.0918. The van der Waals surface area contributed by atoms with E-state index in [4.69, 9.17) is 14.2 Å². The number of hydrogen-bond acceptors (Lipinski definition) is 5. The summed E-state index contributed by atoms with van der Waals surface area (Å²) in [7, 11) is 3.11. The molecule has 1 heterocycles. The number of methoxy groups -OCH3 is 2. The normalized spacial score (nSPS) is 13.4. The molecule has 1 amide bonds. The van der Waals surface area contributed by atoms with Crippen molar-refractivity contribution in [1.29, 1.82) is 0 Å². The van der Waals surface area contributed by atoms with Gasteiger partial charge >= 0.3 is 5.97 Å². The van der Waals surface area contributed by atoms with Gasteiger partial charge in [-0.15, -0.1) is 0 Å². The fourth-order valence-corrected chi connectivity index (χ4v) is 2.25. The fourth-order valence-electron chi connectivity index (χ4n) is 2.25. The van der Waals surface area contributed by atoms with Crippen LogP contribution in [0.15, 0.2) is 18.3 Å². The van der Waals surface area contributed by atoms with Crippen molar-refractivity contribution < 1.29 is 23.8 Å². The van der Waals surface area contributed by atoms with Crippen molar-refractivity contribution in [3.8, 4) is 11.5 Å². The number of benzene rings is 1. The van der Waals surface area contributed by atoms with Crippen LogP contribution in [0.5, 0.6) is 11.5 Å². The van der Waals surface area contributed by atoms with Crippen LogP contribution in [0.1, 0.15) is 18.1 Å². The Balaban J connectivity index is 2.26. The molecule has 2 rings (SSSR count). The summed E-state index contributed by atoms with van der Waals surface area (Å²) in [6.45, 7) is 1.93. The Kier molecular flexibility index (Phi) is 5.04. The van der Waals surface area contributed by atoms with Crippen LogP contribution in [-0.4, -0.2) is 44.1 Å². The Morgan fingerprint density at radius 1 is 1.23 bits per heavy atom. The SMILES string of the molecule is CCOC(=O)CN1C=Cc2cc(OC)c(OC)cc2CC1=O. The van der Waals surface area contributed by atoms with Crippen LogP contribution in [0.3, 0.4) is 0 Å². The lowest BCUT2D eigenvalue weighted by molar-refractivity contribution is -0.147. The molecule has 0 unspecified atom stereocenters. The van der Waals surface area contributed by atoms with E-state index in [1.54, 1.807) is 39.5 Å². The maximum atomic E-state index is 12.3. The summed E-state index contributed by atoms with van der Waals surface area (Å²) in [4.78, 5) is 25.2. The van der Waals surface area contributed by atoms with E-state index in [-0.39, 0.29) is 18.9 Å². The summed E-state index contributed by atoms with van der Waals surface area (Å²) in [5, 5.41) is 0. The number of nitrogens with zero attached hydrogens (tertiary/aromatic N) is 1. The van der Waals surface area contributed by atoms with E-state index in [2.05, 4.69) is 0 Å². The Morgan fingerprint density at radius 3 is 2.55 bits per heavy atom. The lowest BCUT2D eigenvalue weighted by Crippen LogP contribution is -2.32. The first-order chi connectivity index (χ1) is 10.6. The molecule has 1 aromatic carbocycles. The van der Waals surface area contributed by atoms with Crippen LogP contribution >= 0.6 is 0 Å². The van der Waals surface area contributed by atoms with Crippen LogP contribution in [-0.2, 0) is 20.7 Å². The molecule has 0 atom stereocenters. The van der Waals surface area contributed by atoms with Crippen molar-refractivity contribution >= 4 is 18.0 Å². The average Bonchev–Trinajstić information content (AvgIpc) is 2.65. The van der Waals surface area contributed by atoms with Gasteiger partial charge in [-0.3, -0.25) is 9.59 Å². The van der Waals surface area contributed by atoms with E-state index in [1.165, 1.54) is 4.90 Å². The maximum absolute atomic E-state index is 12.3. The number of amides is 1. The summed E-state index contributed by atoms with van der Waals surface area (Å²) < 4.78 is 15.4. The number of rotatable bonds is 5. The van der Waals surface area contributed by atoms with E-state index in [1.807, 2.05) is 6.07 Å². The summed E-state index contributed by atoms with van der Waals surface area (Å²) in [6.07, 6.45) is 3.56. The minimum Gasteiger partial charge on any atom is -0.493 e. The highest BCUT2D eigenvalue weighted by Crippen LogP contribution is 2.32. The largest absolute Gasteiger partial charge is 0.493 e. The van der Waals surface area contributed by atoms with Gasteiger partial charge in [-0.1, -0.05) is 0 Å². The predicted molar refractivity (Wildman–Crippen MR) is 80.6 cm³/mol. The number of hydrogen-bond donors (Lipinski definition) is 0. The molecule has 0 aromatic heterocycles. The number of esters is 1. The first-order valence-corrected chi connectivity index (χ1v) is 6.97. The van der Waals surface area contributed by atoms with Gasteiger partial charge in [0.05, 0.1) is 27.2 Å². The van der Waals surface area contributed by atoms with Crippen molar-refractivity contribution in [1.82, 2.24) is 4.90 Å². The topological polar surface area (TPSA) is 65.1 Å². The van der Waals surface area contributed by atoms with Crippen LogP contribution < -0.4 is 9.47 Å². The van der Waals surface area contributed by atoms with Gasteiger partial charge in [-0.05, 0) is 36.3 Å². The van der Waals surface area contributed by atoms with Crippen molar-refractivity contribution in [2.24, 2.45) is 0 Å². The zero-order valence-corrected chi connectivity index (χ0v) is 12.9. The zero-order chi connectivity index (χ0) is 16.1. The molecular weight excluding hydrogens is 286 g/mol. The van der Waals surface area contributed by atoms with E-state index in [0.29, 0.717) is 18.1 Å². The maximum Gasteiger partial charge on any atom is 0.326 e. The van der Waals surface area contributed by atoms with Gasteiger partial charge in [0.2, 0.25) is 5.91 Å². The molecule has 22 heavy (non-hydrogen) atoms. The van der Waals surface area contributed by atoms with Gasteiger partial charge in [0.15, 0.2) is 11.5 Å². The molecule has 0 N–H and O–H groups in total. The summed E-state index contributed by atoms with van der Waals surface area (Å²) in [5.74, 6) is 0.565. The van der Waals surface area contributed by atoms with Crippen LogP contribution in [0.25, 0.3) is 6.08 Å². The molecule has 0 bridgehead atoms. The number of carbonyl (C=O) groups is 2. The molecule has 1 aliphatic heterocycles.